The van der Waals surface area contributed by atoms with Crippen LogP contribution in [0, 0.1) is 6.92 Å². The van der Waals surface area contributed by atoms with Gasteiger partial charge in [0, 0.05) is 24.7 Å². The Morgan fingerprint density at radius 1 is 1.14 bits per heavy atom. The molecule has 2 amide bonds. The zero-order chi connectivity index (χ0) is 15.7. The van der Waals surface area contributed by atoms with Gasteiger partial charge in [-0.2, -0.15) is 0 Å². The number of aryl methyl sites for hydroxylation is 1. The fraction of sp³-hybridized carbons (Fsp3) is 0.222. The first-order valence-corrected chi connectivity index (χ1v) is 7.31. The lowest BCUT2D eigenvalue weighted by atomic mass is 10.1. The molecule has 0 radical (unpaired) electrons. The molecule has 0 fully saturated rings. The third kappa shape index (κ3) is 2.60. The zero-order valence-corrected chi connectivity index (χ0v) is 12.7. The average Bonchev–Trinajstić information content (AvgIpc) is 2.87. The summed E-state index contributed by atoms with van der Waals surface area (Å²) >= 11 is 0. The molecular weight excluding hydrogens is 276 g/mol. The minimum absolute atomic E-state index is 0.116. The van der Waals surface area contributed by atoms with Crippen molar-refractivity contribution in [1.29, 1.82) is 0 Å². The van der Waals surface area contributed by atoms with E-state index >= 15 is 0 Å². The van der Waals surface area contributed by atoms with Gasteiger partial charge in [0.1, 0.15) is 6.04 Å². The third-order valence-electron chi connectivity index (χ3n) is 3.90. The minimum atomic E-state index is -0.490. The average molecular weight is 294 g/mol. The number of anilines is 2. The number of benzene rings is 2. The Hall–Kier alpha value is -2.62. The first-order valence-electron chi connectivity index (χ1n) is 7.31. The Morgan fingerprint density at radius 2 is 1.91 bits per heavy atom. The van der Waals surface area contributed by atoms with Gasteiger partial charge in [0.2, 0.25) is 11.8 Å². The number of fused-ring (bicyclic) bond motifs is 1. The van der Waals surface area contributed by atoms with E-state index in [1.54, 1.807) is 4.90 Å². The summed E-state index contributed by atoms with van der Waals surface area (Å²) in [4.78, 5) is 26.2. The van der Waals surface area contributed by atoms with Crippen molar-refractivity contribution < 1.29 is 9.59 Å². The van der Waals surface area contributed by atoms with E-state index in [4.69, 9.17) is 0 Å². The highest BCUT2D eigenvalue weighted by Crippen LogP contribution is 2.32. The molecule has 1 N–H and O–H groups in total. The van der Waals surface area contributed by atoms with Crippen LogP contribution in [0.5, 0.6) is 0 Å². The van der Waals surface area contributed by atoms with Crippen LogP contribution in [0.15, 0.2) is 48.5 Å². The number of hydrogen-bond donors (Lipinski definition) is 1. The number of rotatable bonds is 2. The highest BCUT2D eigenvalue weighted by molar-refractivity contribution is 6.06. The Morgan fingerprint density at radius 3 is 2.64 bits per heavy atom. The van der Waals surface area contributed by atoms with Crippen LogP contribution >= 0.6 is 0 Å². The second kappa shape index (κ2) is 5.64. The predicted molar refractivity (Wildman–Crippen MR) is 86.9 cm³/mol. The fourth-order valence-electron chi connectivity index (χ4n) is 2.93. The molecule has 1 heterocycles. The molecule has 4 nitrogen and oxygen atoms in total. The van der Waals surface area contributed by atoms with Gasteiger partial charge in [0.15, 0.2) is 0 Å². The number of amides is 2. The molecule has 2 aromatic carbocycles. The van der Waals surface area contributed by atoms with E-state index in [0.717, 1.165) is 22.5 Å². The maximum absolute atomic E-state index is 12.6. The Balaban J connectivity index is 1.85. The Kier molecular flexibility index (Phi) is 3.67. The van der Waals surface area contributed by atoms with Gasteiger partial charge >= 0.3 is 0 Å². The molecule has 1 atom stereocenters. The van der Waals surface area contributed by atoms with Crippen molar-refractivity contribution in [2.24, 2.45) is 0 Å². The lowest BCUT2D eigenvalue weighted by Crippen LogP contribution is -2.44. The van der Waals surface area contributed by atoms with E-state index in [1.807, 2.05) is 55.5 Å². The maximum Gasteiger partial charge on any atom is 0.247 e. The maximum atomic E-state index is 12.6. The summed E-state index contributed by atoms with van der Waals surface area (Å²) in [6, 6.07) is 14.8. The molecule has 0 aromatic heterocycles. The van der Waals surface area contributed by atoms with Gasteiger partial charge in [0.05, 0.1) is 0 Å². The normalized spacial score (nSPS) is 16.3. The molecule has 0 aliphatic carbocycles. The van der Waals surface area contributed by atoms with E-state index < -0.39 is 6.04 Å². The standard InChI is InChI=1S/C18H18N2O2/c1-12-6-5-8-15(10-12)19-18(22)17-11-14-7-3-4-9-16(14)20(17)13(2)21/h3-10,17H,11H2,1-2H3,(H,19,22). The van der Waals surface area contributed by atoms with Crippen LogP contribution in [0.25, 0.3) is 0 Å². The molecular formula is C18H18N2O2. The largest absolute Gasteiger partial charge is 0.324 e. The van der Waals surface area contributed by atoms with Crippen molar-refractivity contribution in [2.45, 2.75) is 26.3 Å². The molecule has 112 valence electrons. The summed E-state index contributed by atoms with van der Waals surface area (Å²) in [6.45, 7) is 3.47. The highest BCUT2D eigenvalue weighted by atomic mass is 16.2. The first-order chi connectivity index (χ1) is 10.6. The summed E-state index contributed by atoms with van der Waals surface area (Å²) in [5.74, 6) is -0.272. The van der Waals surface area contributed by atoms with E-state index in [0.29, 0.717) is 6.42 Å². The van der Waals surface area contributed by atoms with Crippen molar-refractivity contribution in [3.8, 4) is 0 Å². The molecule has 4 heteroatoms. The molecule has 22 heavy (non-hydrogen) atoms. The number of hydrogen-bond acceptors (Lipinski definition) is 2. The molecule has 1 aliphatic rings. The van der Waals surface area contributed by atoms with Crippen LogP contribution in [-0.4, -0.2) is 17.9 Å². The molecule has 0 spiro atoms. The highest BCUT2D eigenvalue weighted by Gasteiger charge is 2.36. The topological polar surface area (TPSA) is 49.4 Å². The van der Waals surface area contributed by atoms with Gasteiger partial charge in [-0.05, 0) is 36.2 Å². The number of carbonyl (C=O) groups excluding carboxylic acids is 2. The molecule has 2 aromatic rings. The van der Waals surface area contributed by atoms with Crippen LogP contribution < -0.4 is 10.2 Å². The van der Waals surface area contributed by atoms with Crippen LogP contribution in [0.2, 0.25) is 0 Å². The van der Waals surface area contributed by atoms with Gasteiger partial charge in [-0.25, -0.2) is 0 Å². The second-order valence-electron chi connectivity index (χ2n) is 5.60. The van der Waals surface area contributed by atoms with Crippen molar-refractivity contribution >= 4 is 23.2 Å². The molecule has 1 unspecified atom stereocenters. The van der Waals surface area contributed by atoms with Crippen LogP contribution in [-0.2, 0) is 16.0 Å². The third-order valence-corrected chi connectivity index (χ3v) is 3.90. The van der Waals surface area contributed by atoms with E-state index in [1.165, 1.54) is 6.92 Å². The van der Waals surface area contributed by atoms with Crippen molar-refractivity contribution in [2.75, 3.05) is 10.2 Å². The zero-order valence-electron chi connectivity index (χ0n) is 12.7. The van der Waals surface area contributed by atoms with Crippen LogP contribution in [0.4, 0.5) is 11.4 Å². The number of nitrogens with one attached hydrogen (secondary N) is 1. The van der Waals surface area contributed by atoms with Gasteiger partial charge < -0.3 is 5.32 Å². The molecule has 0 saturated heterocycles. The summed E-state index contributed by atoms with van der Waals surface area (Å²) in [6.07, 6.45) is 0.549. The monoisotopic (exact) mass is 294 g/mol. The minimum Gasteiger partial charge on any atom is -0.324 e. The van der Waals surface area contributed by atoms with Gasteiger partial charge in [-0.3, -0.25) is 14.5 Å². The van der Waals surface area contributed by atoms with E-state index in [-0.39, 0.29) is 11.8 Å². The summed E-state index contributed by atoms with van der Waals surface area (Å²) in [5, 5.41) is 2.91. The SMILES string of the molecule is CC(=O)N1c2ccccc2CC1C(=O)Nc1cccc(C)c1. The summed E-state index contributed by atoms with van der Waals surface area (Å²) < 4.78 is 0. The number of carbonyl (C=O) groups is 2. The van der Waals surface area contributed by atoms with E-state index in [2.05, 4.69) is 5.32 Å². The predicted octanol–water partition coefficient (Wildman–Crippen LogP) is 2.91. The van der Waals surface area contributed by atoms with E-state index in [9.17, 15) is 9.59 Å². The summed E-state index contributed by atoms with van der Waals surface area (Å²) in [5.41, 5.74) is 3.70. The van der Waals surface area contributed by atoms with Crippen molar-refractivity contribution in [1.82, 2.24) is 0 Å². The molecule has 3 rings (SSSR count). The van der Waals surface area contributed by atoms with Gasteiger partial charge in [-0.1, -0.05) is 30.3 Å². The first kappa shape index (κ1) is 14.3. The molecule has 0 saturated carbocycles. The summed E-state index contributed by atoms with van der Waals surface area (Å²) in [7, 11) is 0. The number of para-hydroxylation sites is 1. The Bertz CT molecular complexity index is 739. The van der Waals surface area contributed by atoms with Gasteiger partial charge in [0.25, 0.3) is 0 Å². The molecule has 0 bridgehead atoms. The lowest BCUT2D eigenvalue weighted by Gasteiger charge is -2.23. The smallest absolute Gasteiger partial charge is 0.247 e. The van der Waals surface area contributed by atoms with Crippen molar-refractivity contribution in [3.05, 3.63) is 59.7 Å². The Labute approximate surface area is 129 Å². The lowest BCUT2D eigenvalue weighted by molar-refractivity contribution is -0.122. The quantitative estimate of drug-likeness (QED) is 0.926. The second-order valence-corrected chi connectivity index (χ2v) is 5.60. The number of nitrogens with zero attached hydrogens (tertiary/aromatic N) is 1. The van der Waals surface area contributed by atoms with Crippen molar-refractivity contribution in [3.63, 3.8) is 0 Å². The van der Waals surface area contributed by atoms with Crippen LogP contribution in [0.3, 0.4) is 0 Å². The fourth-order valence-corrected chi connectivity index (χ4v) is 2.93. The molecule has 1 aliphatic heterocycles. The van der Waals surface area contributed by atoms with Gasteiger partial charge in [-0.15, -0.1) is 0 Å². The van der Waals surface area contributed by atoms with Crippen LogP contribution in [0.1, 0.15) is 18.1 Å².